The van der Waals surface area contributed by atoms with Crippen LogP contribution in [-0.4, -0.2) is 30.6 Å². The number of rotatable bonds is 5. The van der Waals surface area contributed by atoms with E-state index >= 15 is 0 Å². The van der Waals surface area contributed by atoms with Crippen LogP contribution in [0.5, 0.6) is 5.75 Å². The normalized spacial score (nSPS) is 10.0. The van der Waals surface area contributed by atoms with Crippen molar-refractivity contribution in [2.24, 2.45) is 0 Å². The number of anilines is 2. The summed E-state index contributed by atoms with van der Waals surface area (Å²) in [5, 5.41) is 8.37. The number of benzene rings is 1. The summed E-state index contributed by atoms with van der Waals surface area (Å²) < 4.78 is 5.17. The molecule has 23 heavy (non-hydrogen) atoms. The molecular formula is C15H18N4O3S. The van der Waals surface area contributed by atoms with Crippen LogP contribution in [-0.2, 0) is 0 Å². The van der Waals surface area contributed by atoms with Crippen molar-refractivity contribution in [2.75, 3.05) is 24.3 Å². The topological polar surface area (TPSA) is 92.4 Å². The van der Waals surface area contributed by atoms with Gasteiger partial charge >= 0.3 is 6.03 Å². The van der Waals surface area contributed by atoms with Crippen LogP contribution in [0.2, 0.25) is 0 Å². The van der Waals surface area contributed by atoms with Crippen molar-refractivity contribution in [3.8, 4) is 5.75 Å². The Kier molecular flexibility index (Phi) is 5.53. The van der Waals surface area contributed by atoms with Gasteiger partial charge in [-0.05, 0) is 26.0 Å². The highest BCUT2D eigenvalue weighted by molar-refractivity contribution is 7.17. The fourth-order valence-electron chi connectivity index (χ4n) is 1.90. The van der Waals surface area contributed by atoms with Crippen molar-refractivity contribution >= 4 is 34.1 Å². The number of nitrogens with zero attached hydrogens (tertiary/aromatic N) is 1. The fourth-order valence-corrected chi connectivity index (χ4v) is 2.78. The Labute approximate surface area is 138 Å². The quantitative estimate of drug-likeness (QED) is 0.784. The first-order valence-electron chi connectivity index (χ1n) is 7.01. The number of urea groups is 1. The van der Waals surface area contributed by atoms with E-state index in [2.05, 4.69) is 20.9 Å². The van der Waals surface area contributed by atoms with Crippen LogP contribution in [0.15, 0.2) is 24.3 Å². The van der Waals surface area contributed by atoms with E-state index in [-0.39, 0.29) is 5.91 Å². The number of methoxy groups -OCH3 is 1. The molecule has 2 aromatic rings. The number of nitrogens with one attached hydrogen (secondary N) is 3. The number of carbonyl (C=O) groups is 2. The van der Waals surface area contributed by atoms with E-state index in [4.69, 9.17) is 4.74 Å². The number of aromatic nitrogens is 1. The molecule has 0 saturated carbocycles. The molecule has 7 nitrogen and oxygen atoms in total. The van der Waals surface area contributed by atoms with E-state index in [1.165, 1.54) is 7.11 Å². The lowest BCUT2D eigenvalue weighted by molar-refractivity contribution is 0.0959. The zero-order valence-corrected chi connectivity index (χ0v) is 13.9. The number of hydrogen-bond donors (Lipinski definition) is 3. The van der Waals surface area contributed by atoms with Crippen LogP contribution in [0.3, 0.4) is 0 Å². The summed E-state index contributed by atoms with van der Waals surface area (Å²) in [5.41, 5.74) is 1.12. The molecule has 3 amide bonds. The first-order valence-corrected chi connectivity index (χ1v) is 7.83. The Morgan fingerprint density at radius 2 is 2.00 bits per heavy atom. The first-order chi connectivity index (χ1) is 11.0. The molecule has 1 aromatic carbocycles. The molecule has 3 N–H and O–H groups in total. The van der Waals surface area contributed by atoms with Gasteiger partial charge < -0.3 is 15.4 Å². The van der Waals surface area contributed by atoms with Gasteiger partial charge in [-0.3, -0.25) is 10.1 Å². The Balaban J connectivity index is 2.06. The van der Waals surface area contributed by atoms with E-state index in [0.29, 0.717) is 33.7 Å². The van der Waals surface area contributed by atoms with E-state index in [9.17, 15) is 9.59 Å². The summed E-state index contributed by atoms with van der Waals surface area (Å²) in [7, 11) is 1.53. The van der Waals surface area contributed by atoms with Crippen LogP contribution in [0.4, 0.5) is 15.6 Å². The van der Waals surface area contributed by atoms with Gasteiger partial charge in [0.25, 0.3) is 5.91 Å². The van der Waals surface area contributed by atoms with Gasteiger partial charge in [-0.2, -0.15) is 0 Å². The number of carbonyl (C=O) groups excluding carboxylic acids is 2. The SMILES string of the molecule is CCNC(=O)c1sc(NC(=O)Nc2ccccc2OC)nc1C. The molecule has 0 unspecified atom stereocenters. The van der Waals surface area contributed by atoms with Gasteiger partial charge in [0.1, 0.15) is 10.6 Å². The predicted octanol–water partition coefficient (Wildman–Crippen LogP) is 2.85. The van der Waals surface area contributed by atoms with Gasteiger partial charge in [0, 0.05) is 6.54 Å². The minimum absolute atomic E-state index is 0.194. The second-order valence-electron chi connectivity index (χ2n) is 4.57. The summed E-state index contributed by atoms with van der Waals surface area (Å²) in [4.78, 5) is 28.6. The van der Waals surface area contributed by atoms with Gasteiger partial charge in [0.2, 0.25) is 0 Å². The van der Waals surface area contributed by atoms with Crippen molar-refractivity contribution in [1.82, 2.24) is 10.3 Å². The number of para-hydroxylation sites is 2. The molecule has 1 aromatic heterocycles. The highest BCUT2D eigenvalue weighted by Crippen LogP contribution is 2.25. The van der Waals surface area contributed by atoms with Crippen LogP contribution in [0.1, 0.15) is 22.3 Å². The molecule has 2 rings (SSSR count). The summed E-state index contributed by atoms with van der Waals surface area (Å²) in [6, 6.07) is 6.62. The largest absolute Gasteiger partial charge is 0.495 e. The zero-order chi connectivity index (χ0) is 16.8. The van der Waals surface area contributed by atoms with Gasteiger partial charge in [0.15, 0.2) is 5.13 Å². The number of aryl methyl sites for hydroxylation is 1. The number of hydrogen-bond acceptors (Lipinski definition) is 5. The number of amides is 3. The van der Waals surface area contributed by atoms with E-state index in [0.717, 1.165) is 11.3 Å². The molecule has 0 fully saturated rings. The lowest BCUT2D eigenvalue weighted by atomic mass is 10.3. The van der Waals surface area contributed by atoms with E-state index < -0.39 is 6.03 Å². The third kappa shape index (κ3) is 4.19. The summed E-state index contributed by atoms with van der Waals surface area (Å²) in [6.07, 6.45) is 0. The van der Waals surface area contributed by atoms with Crippen molar-refractivity contribution in [3.05, 3.63) is 34.8 Å². The molecule has 0 aliphatic carbocycles. The Bertz CT molecular complexity index is 714. The Morgan fingerprint density at radius 1 is 1.26 bits per heavy atom. The van der Waals surface area contributed by atoms with Gasteiger partial charge in [-0.15, -0.1) is 0 Å². The molecule has 1 heterocycles. The molecule has 0 aliphatic rings. The average molecular weight is 334 g/mol. The van der Waals surface area contributed by atoms with Crippen LogP contribution in [0, 0.1) is 6.92 Å². The van der Waals surface area contributed by atoms with Crippen molar-refractivity contribution in [1.29, 1.82) is 0 Å². The van der Waals surface area contributed by atoms with Crippen LogP contribution in [0.25, 0.3) is 0 Å². The molecule has 0 aliphatic heterocycles. The monoisotopic (exact) mass is 334 g/mol. The Morgan fingerprint density at radius 3 is 2.70 bits per heavy atom. The third-order valence-corrected chi connectivity index (χ3v) is 3.99. The third-order valence-electron chi connectivity index (χ3n) is 2.92. The van der Waals surface area contributed by atoms with Crippen molar-refractivity contribution in [3.63, 3.8) is 0 Å². The first kappa shape index (κ1) is 16.8. The number of ether oxygens (including phenoxy) is 1. The average Bonchev–Trinajstić information content (AvgIpc) is 2.88. The molecule has 0 bridgehead atoms. The summed E-state index contributed by atoms with van der Waals surface area (Å²) in [6.45, 7) is 4.10. The second-order valence-corrected chi connectivity index (χ2v) is 5.57. The smallest absolute Gasteiger partial charge is 0.325 e. The molecule has 8 heteroatoms. The molecule has 0 atom stereocenters. The van der Waals surface area contributed by atoms with Crippen LogP contribution >= 0.6 is 11.3 Å². The molecule has 0 spiro atoms. The second kappa shape index (κ2) is 7.59. The maximum atomic E-state index is 12.1. The lowest BCUT2D eigenvalue weighted by Crippen LogP contribution is -2.22. The van der Waals surface area contributed by atoms with Crippen molar-refractivity contribution in [2.45, 2.75) is 13.8 Å². The zero-order valence-electron chi connectivity index (χ0n) is 13.1. The van der Waals surface area contributed by atoms with Gasteiger partial charge in [0.05, 0.1) is 18.5 Å². The van der Waals surface area contributed by atoms with Gasteiger partial charge in [-0.25, -0.2) is 9.78 Å². The predicted molar refractivity (Wildman–Crippen MR) is 90.5 cm³/mol. The molecular weight excluding hydrogens is 316 g/mol. The number of thiazole rings is 1. The molecule has 122 valence electrons. The van der Waals surface area contributed by atoms with Crippen molar-refractivity contribution < 1.29 is 14.3 Å². The molecule has 0 saturated heterocycles. The summed E-state index contributed by atoms with van der Waals surface area (Å²) >= 11 is 1.13. The van der Waals surface area contributed by atoms with Crippen LogP contribution < -0.4 is 20.7 Å². The minimum atomic E-state index is -0.453. The lowest BCUT2D eigenvalue weighted by Gasteiger charge is -2.09. The maximum Gasteiger partial charge on any atom is 0.325 e. The highest BCUT2D eigenvalue weighted by Gasteiger charge is 2.16. The van der Waals surface area contributed by atoms with E-state index in [1.54, 1.807) is 25.1 Å². The highest BCUT2D eigenvalue weighted by atomic mass is 32.1. The standard InChI is InChI=1S/C15H18N4O3S/c1-4-16-13(20)12-9(2)17-15(23-12)19-14(21)18-10-7-5-6-8-11(10)22-3/h5-8H,4H2,1-3H3,(H,16,20)(H2,17,18,19,21). The minimum Gasteiger partial charge on any atom is -0.495 e. The van der Waals surface area contributed by atoms with E-state index in [1.807, 2.05) is 13.0 Å². The fraction of sp³-hybridized carbons (Fsp3) is 0.267. The van der Waals surface area contributed by atoms with Gasteiger partial charge in [-0.1, -0.05) is 23.5 Å². The maximum absolute atomic E-state index is 12.1. The Hall–Kier alpha value is -2.61. The summed E-state index contributed by atoms with van der Waals surface area (Å²) in [5.74, 6) is 0.363. The molecule has 0 radical (unpaired) electrons.